The molecule has 0 aliphatic heterocycles. The Kier molecular flexibility index (Phi) is 6.29. The number of carbonyl (C=O) groups is 1. The maximum Gasteiger partial charge on any atom is 0.239 e. The summed E-state index contributed by atoms with van der Waals surface area (Å²) < 4.78 is 20.5. The first kappa shape index (κ1) is 20.5. The Balaban J connectivity index is 1.64. The fraction of sp³-hybridized carbons (Fsp3) is 0.273. The molecule has 7 heteroatoms. The summed E-state index contributed by atoms with van der Waals surface area (Å²) in [6.07, 6.45) is 0. The van der Waals surface area contributed by atoms with Crippen LogP contribution in [-0.4, -0.2) is 29.3 Å². The van der Waals surface area contributed by atoms with Gasteiger partial charge in [0.1, 0.15) is 5.82 Å². The van der Waals surface area contributed by atoms with E-state index < -0.39 is 5.82 Å². The number of aromatic nitrogens is 2. The van der Waals surface area contributed by atoms with Crippen LogP contribution in [0.1, 0.15) is 29.8 Å². The van der Waals surface area contributed by atoms with Gasteiger partial charge in [-0.1, -0.05) is 23.8 Å². The number of amides is 1. The van der Waals surface area contributed by atoms with Gasteiger partial charge in [0.05, 0.1) is 25.0 Å². The van der Waals surface area contributed by atoms with Crippen molar-refractivity contribution in [3.8, 4) is 11.4 Å². The second-order valence-electron chi connectivity index (χ2n) is 6.96. The van der Waals surface area contributed by atoms with Crippen molar-refractivity contribution in [3.63, 3.8) is 0 Å². The number of hydrogen-bond donors (Lipinski definition) is 2. The first-order chi connectivity index (χ1) is 13.9. The number of rotatable bonds is 7. The van der Waals surface area contributed by atoms with Gasteiger partial charge >= 0.3 is 0 Å². The highest BCUT2D eigenvalue weighted by molar-refractivity contribution is 5.91. The van der Waals surface area contributed by atoms with E-state index in [2.05, 4.69) is 15.7 Å². The molecular formula is C22H25FN4O2. The molecule has 152 valence electrons. The van der Waals surface area contributed by atoms with Gasteiger partial charge in [-0.25, -0.2) is 9.07 Å². The molecule has 3 rings (SSSR count). The van der Waals surface area contributed by atoms with Crippen molar-refractivity contribution in [1.29, 1.82) is 0 Å². The quantitative estimate of drug-likeness (QED) is 0.635. The second kappa shape index (κ2) is 8.87. The fourth-order valence-corrected chi connectivity index (χ4v) is 2.97. The van der Waals surface area contributed by atoms with Gasteiger partial charge in [0.15, 0.2) is 11.6 Å². The third-order valence-corrected chi connectivity index (χ3v) is 4.62. The van der Waals surface area contributed by atoms with Gasteiger partial charge in [-0.05, 0) is 50.6 Å². The van der Waals surface area contributed by atoms with E-state index in [-0.39, 0.29) is 24.2 Å². The number of benzene rings is 2. The summed E-state index contributed by atoms with van der Waals surface area (Å²) in [4.78, 5) is 12.5. The van der Waals surface area contributed by atoms with E-state index in [0.717, 1.165) is 22.5 Å². The maximum atomic E-state index is 13.9. The molecule has 0 aliphatic rings. The van der Waals surface area contributed by atoms with Crippen molar-refractivity contribution in [2.75, 3.05) is 19.0 Å². The number of nitrogens with zero attached hydrogens (tertiary/aromatic N) is 2. The molecule has 1 unspecified atom stereocenters. The summed E-state index contributed by atoms with van der Waals surface area (Å²) in [5.74, 6) is 0.152. The molecule has 2 N–H and O–H groups in total. The molecular weight excluding hydrogens is 371 g/mol. The van der Waals surface area contributed by atoms with Gasteiger partial charge in [0.2, 0.25) is 5.91 Å². The van der Waals surface area contributed by atoms with Gasteiger partial charge in [0.25, 0.3) is 0 Å². The zero-order valence-corrected chi connectivity index (χ0v) is 17.0. The molecule has 1 aromatic heterocycles. The molecule has 2 aromatic carbocycles. The molecule has 3 aromatic rings. The van der Waals surface area contributed by atoms with Gasteiger partial charge in [-0.15, -0.1) is 0 Å². The lowest BCUT2D eigenvalue weighted by Crippen LogP contribution is -2.30. The Bertz CT molecular complexity index is 999. The molecule has 0 saturated heterocycles. The number of anilines is 1. The lowest BCUT2D eigenvalue weighted by Gasteiger charge is -2.15. The van der Waals surface area contributed by atoms with Crippen LogP contribution in [0, 0.1) is 19.7 Å². The molecule has 29 heavy (non-hydrogen) atoms. The standard InChI is InChI=1S/C22H25FN4O2/c1-14-5-8-18(9-6-14)27-21(11-15(2)26-27)25-22(28)13-24-16(3)17-7-10-20(29-4)19(23)12-17/h5-12,16,24H,13H2,1-4H3,(H,25,28). The first-order valence-corrected chi connectivity index (χ1v) is 9.37. The number of hydrogen-bond acceptors (Lipinski definition) is 4. The molecule has 0 fully saturated rings. The van der Waals surface area contributed by atoms with Crippen LogP contribution in [0.3, 0.4) is 0 Å². The Morgan fingerprint density at radius 2 is 1.90 bits per heavy atom. The van der Waals surface area contributed by atoms with E-state index in [1.165, 1.54) is 13.2 Å². The van der Waals surface area contributed by atoms with Crippen molar-refractivity contribution in [2.45, 2.75) is 26.8 Å². The molecule has 1 amide bonds. The molecule has 0 bridgehead atoms. The molecule has 1 atom stereocenters. The van der Waals surface area contributed by atoms with E-state index in [0.29, 0.717) is 5.82 Å². The highest BCUT2D eigenvalue weighted by atomic mass is 19.1. The average Bonchev–Trinajstić information content (AvgIpc) is 3.06. The summed E-state index contributed by atoms with van der Waals surface area (Å²) in [5, 5.41) is 10.5. The van der Waals surface area contributed by atoms with Crippen molar-refractivity contribution >= 4 is 11.7 Å². The molecule has 0 radical (unpaired) electrons. The zero-order valence-electron chi connectivity index (χ0n) is 17.0. The molecule has 0 saturated carbocycles. The van der Waals surface area contributed by atoms with Gasteiger partial charge in [-0.3, -0.25) is 4.79 Å². The Labute approximate surface area is 169 Å². The van der Waals surface area contributed by atoms with Crippen molar-refractivity contribution < 1.29 is 13.9 Å². The van der Waals surface area contributed by atoms with Crippen LogP contribution in [0.15, 0.2) is 48.5 Å². The Morgan fingerprint density at radius 1 is 1.17 bits per heavy atom. The van der Waals surface area contributed by atoms with Crippen LogP contribution in [0.2, 0.25) is 0 Å². The van der Waals surface area contributed by atoms with Crippen molar-refractivity contribution in [2.24, 2.45) is 0 Å². The van der Waals surface area contributed by atoms with E-state index in [4.69, 9.17) is 4.74 Å². The van der Waals surface area contributed by atoms with Crippen molar-refractivity contribution in [1.82, 2.24) is 15.1 Å². The minimum Gasteiger partial charge on any atom is -0.494 e. The maximum absolute atomic E-state index is 13.9. The van der Waals surface area contributed by atoms with Crippen molar-refractivity contribution in [3.05, 3.63) is 71.2 Å². The summed E-state index contributed by atoms with van der Waals surface area (Å²) in [6.45, 7) is 5.84. The van der Waals surface area contributed by atoms with Crippen LogP contribution >= 0.6 is 0 Å². The lowest BCUT2D eigenvalue weighted by atomic mass is 10.1. The predicted octanol–water partition coefficient (Wildman–Crippen LogP) is 3.93. The van der Waals surface area contributed by atoms with Gasteiger partial charge in [-0.2, -0.15) is 5.10 Å². The largest absolute Gasteiger partial charge is 0.494 e. The summed E-state index contributed by atoms with van der Waals surface area (Å²) in [7, 11) is 1.42. The summed E-state index contributed by atoms with van der Waals surface area (Å²) >= 11 is 0. The zero-order chi connectivity index (χ0) is 21.0. The topological polar surface area (TPSA) is 68.2 Å². The highest BCUT2D eigenvalue weighted by Gasteiger charge is 2.14. The second-order valence-corrected chi connectivity index (χ2v) is 6.96. The van der Waals surface area contributed by atoms with Crippen LogP contribution in [0.4, 0.5) is 10.2 Å². The van der Waals surface area contributed by atoms with E-state index >= 15 is 0 Å². The molecule has 1 heterocycles. The average molecular weight is 396 g/mol. The minimum absolute atomic E-state index is 0.0763. The summed E-state index contributed by atoms with van der Waals surface area (Å²) in [6, 6.07) is 14.3. The minimum atomic E-state index is -0.430. The summed E-state index contributed by atoms with van der Waals surface area (Å²) in [5.41, 5.74) is 3.55. The van der Waals surface area contributed by atoms with Crippen LogP contribution in [0.5, 0.6) is 5.75 Å². The number of ether oxygens (including phenoxy) is 1. The monoisotopic (exact) mass is 396 g/mol. The number of nitrogens with one attached hydrogen (secondary N) is 2. The Hall–Kier alpha value is -3.19. The number of aryl methyl sites for hydroxylation is 2. The Morgan fingerprint density at radius 3 is 2.55 bits per heavy atom. The lowest BCUT2D eigenvalue weighted by molar-refractivity contribution is -0.115. The number of halogens is 1. The van der Waals surface area contributed by atoms with E-state index in [1.807, 2.05) is 51.1 Å². The van der Waals surface area contributed by atoms with Gasteiger partial charge < -0.3 is 15.4 Å². The molecule has 6 nitrogen and oxygen atoms in total. The highest BCUT2D eigenvalue weighted by Crippen LogP contribution is 2.22. The number of carbonyl (C=O) groups excluding carboxylic acids is 1. The predicted molar refractivity (Wildman–Crippen MR) is 111 cm³/mol. The third kappa shape index (κ3) is 5.00. The third-order valence-electron chi connectivity index (χ3n) is 4.62. The van der Waals surface area contributed by atoms with E-state index in [1.54, 1.807) is 16.8 Å². The van der Waals surface area contributed by atoms with Gasteiger partial charge in [0, 0.05) is 12.1 Å². The SMILES string of the molecule is COc1ccc(C(C)NCC(=O)Nc2cc(C)nn2-c2ccc(C)cc2)cc1F. The van der Waals surface area contributed by atoms with E-state index in [9.17, 15) is 9.18 Å². The normalized spacial score (nSPS) is 11.9. The number of methoxy groups -OCH3 is 1. The van der Waals surface area contributed by atoms with Crippen LogP contribution in [0.25, 0.3) is 5.69 Å². The van der Waals surface area contributed by atoms with Crippen LogP contribution in [-0.2, 0) is 4.79 Å². The first-order valence-electron chi connectivity index (χ1n) is 9.37. The molecule has 0 spiro atoms. The molecule has 0 aliphatic carbocycles. The van der Waals surface area contributed by atoms with Crippen LogP contribution < -0.4 is 15.4 Å². The smallest absolute Gasteiger partial charge is 0.239 e. The fourth-order valence-electron chi connectivity index (χ4n) is 2.97.